The van der Waals surface area contributed by atoms with Crippen LogP contribution in [0.1, 0.15) is 40.5 Å². The lowest BCUT2D eigenvalue weighted by molar-refractivity contribution is -0.135. The van der Waals surface area contributed by atoms with Crippen LogP contribution in [0.4, 0.5) is 4.79 Å². The van der Waals surface area contributed by atoms with Crippen molar-refractivity contribution >= 4 is 12.4 Å². The highest BCUT2D eigenvalue weighted by molar-refractivity contribution is 5.59. The van der Waals surface area contributed by atoms with Crippen LogP contribution in [0.25, 0.3) is 0 Å². The predicted molar refractivity (Wildman–Crippen MR) is 74.4 cm³/mol. The lowest BCUT2D eigenvalue weighted by Gasteiger charge is -2.35. The van der Waals surface area contributed by atoms with Gasteiger partial charge in [-0.25, -0.2) is 4.79 Å². The summed E-state index contributed by atoms with van der Waals surface area (Å²) >= 11 is 0. The van der Waals surface area contributed by atoms with Gasteiger partial charge < -0.3 is 19.0 Å². The molecule has 0 saturated carbocycles. The minimum absolute atomic E-state index is 0.0796. The average molecular weight is 286 g/mol. The second kappa shape index (κ2) is 8.25. The normalized spacial score (nSPS) is 27.9. The summed E-state index contributed by atoms with van der Waals surface area (Å²) < 4.78 is 15.9. The third-order valence-electron chi connectivity index (χ3n) is 3.59. The van der Waals surface area contributed by atoms with E-state index in [1.54, 1.807) is 0 Å². The lowest BCUT2D eigenvalue weighted by Crippen LogP contribution is -2.40. The molecule has 116 valence electrons. The lowest BCUT2D eigenvalue weighted by atomic mass is 9.89. The van der Waals surface area contributed by atoms with Crippen molar-refractivity contribution in [3.63, 3.8) is 0 Å². The predicted octanol–water partition coefficient (Wildman–Crippen LogP) is 2.81. The first-order chi connectivity index (χ1) is 9.43. The second-order valence-electron chi connectivity index (χ2n) is 6.03. The molecule has 1 saturated heterocycles. The van der Waals surface area contributed by atoms with Gasteiger partial charge in [-0.2, -0.15) is 0 Å². The van der Waals surface area contributed by atoms with Gasteiger partial charge in [0.2, 0.25) is 0 Å². The highest BCUT2D eigenvalue weighted by atomic mass is 16.7. The third-order valence-corrected chi connectivity index (χ3v) is 3.59. The Morgan fingerprint density at radius 1 is 1.30 bits per heavy atom. The molecule has 0 aliphatic carbocycles. The fraction of sp³-hybridized carbons (Fsp3) is 0.867. The summed E-state index contributed by atoms with van der Waals surface area (Å²) in [6.45, 7) is 8.37. The maximum atomic E-state index is 11.4. The van der Waals surface area contributed by atoms with E-state index in [1.165, 1.54) is 0 Å². The highest BCUT2D eigenvalue weighted by Crippen LogP contribution is 2.28. The Hall–Kier alpha value is -1.10. The standard InChI is InChI=1S/C15H26O5/c1-10(2)8-18-15(17)19-9-14-11(3)5-6-13(20-14)12(4)7-16/h7,10-14H,5-6,8-9H2,1-4H3/t11-,12-,13-,14+/m0/s1. The largest absolute Gasteiger partial charge is 0.508 e. The van der Waals surface area contributed by atoms with Gasteiger partial charge in [0, 0.05) is 5.92 Å². The van der Waals surface area contributed by atoms with Gasteiger partial charge in [-0.05, 0) is 24.7 Å². The van der Waals surface area contributed by atoms with Crippen LogP contribution in [0.5, 0.6) is 0 Å². The molecule has 1 rings (SSSR count). The molecule has 0 amide bonds. The molecule has 0 aromatic heterocycles. The first-order valence-corrected chi connectivity index (χ1v) is 7.34. The zero-order valence-corrected chi connectivity index (χ0v) is 12.8. The Morgan fingerprint density at radius 2 is 2.00 bits per heavy atom. The van der Waals surface area contributed by atoms with Crippen molar-refractivity contribution in [3.8, 4) is 0 Å². The molecule has 1 heterocycles. The zero-order valence-electron chi connectivity index (χ0n) is 12.8. The Labute approximate surface area is 121 Å². The molecule has 20 heavy (non-hydrogen) atoms. The molecular weight excluding hydrogens is 260 g/mol. The number of hydrogen-bond donors (Lipinski definition) is 0. The van der Waals surface area contributed by atoms with E-state index in [0.717, 1.165) is 19.1 Å². The first kappa shape index (κ1) is 17.0. The Bertz CT molecular complexity index is 315. The van der Waals surface area contributed by atoms with E-state index in [1.807, 2.05) is 20.8 Å². The monoisotopic (exact) mass is 286 g/mol. The van der Waals surface area contributed by atoms with Crippen LogP contribution >= 0.6 is 0 Å². The van der Waals surface area contributed by atoms with Crippen molar-refractivity contribution in [3.05, 3.63) is 0 Å². The topological polar surface area (TPSA) is 61.8 Å². The van der Waals surface area contributed by atoms with E-state index in [9.17, 15) is 9.59 Å². The maximum Gasteiger partial charge on any atom is 0.508 e. The Morgan fingerprint density at radius 3 is 2.60 bits per heavy atom. The van der Waals surface area contributed by atoms with Crippen molar-refractivity contribution in [1.29, 1.82) is 0 Å². The van der Waals surface area contributed by atoms with Gasteiger partial charge in [-0.3, -0.25) is 0 Å². The van der Waals surface area contributed by atoms with E-state index in [-0.39, 0.29) is 30.7 Å². The van der Waals surface area contributed by atoms with Crippen LogP contribution in [0.2, 0.25) is 0 Å². The molecule has 0 aromatic rings. The molecule has 5 heteroatoms. The van der Waals surface area contributed by atoms with Gasteiger partial charge in [0.25, 0.3) is 0 Å². The van der Waals surface area contributed by atoms with Gasteiger partial charge in [-0.15, -0.1) is 0 Å². The molecule has 5 nitrogen and oxygen atoms in total. The number of aldehydes is 1. The fourth-order valence-electron chi connectivity index (χ4n) is 2.14. The summed E-state index contributed by atoms with van der Waals surface area (Å²) in [6.07, 6.45) is 1.86. The molecule has 0 N–H and O–H groups in total. The van der Waals surface area contributed by atoms with E-state index in [4.69, 9.17) is 14.2 Å². The van der Waals surface area contributed by atoms with Crippen LogP contribution < -0.4 is 0 Å². The molecule has 0 radical (unpaired) electrons. The maximum absolute atomic E-state index is 11.4. The van der Waals surface area contributed by atoms with Crippen molar-refractivity contribution in [1.82, 2.24) is 0 Å². The van der Waals surface area contributed by atoms with Crippen molar-refractivity contribution in [2.24, 2.45) is 17.8 Å². The van der Waals surface area contributed by atoms with Crippen molar-refractivity contribution in [2.45, 2.75) is 52.7 Å². The minimum Gasteiger partial charge on any atom is -0.434 e. The highest BCUT2D eigenvalue weighted by Gasteiger charge is 2.32. The summed E-state index contributed by atoms with van der Waals surface area (Å²) in [5, 5.41) is 0. The van der Waals surface area contributed by atoms with Gasteiger partial charge in [-0.1, -0.05) is 27.7 Å². The van der Waals surface area contributed by atoms with Gasteiger partial charge in [0.05, 0.1) is 18.8 Å². The summed E-state index contributed by atoms with van der Waals surface area (Å²) in [6, 6.07) is 0. The van der Waals surface area contributed by atoms with Crippen LogP contribution in [0.3, 0.4) is 0 Å². The van der Waals surface area contributed by atoms with Gasteiger partial charge in [0.1, 0.15) is 12.9 Å². The summed E-state index contributed by atoms with van der Waals surface area (Å²) in [5.41, 5.74) is 0. The molecule has 1 fully saturated rings. The van der Waals surface area contributed by atoms with Crippen molar-refractivity contribution < 1.29 is 23.8 Å². The Balaban J connectivity index is 2.36. The molecule has 1 aliphatic rings. The molecule has 0 unspecified atom stereocenters. The molecule has 0 spiro atoms. The van der Waals surface area contributed by atoms with Crippen LogP contribution in [0, 0.1) is 17.8 Å². The smallest absolute Gasteiger partial charge is 0.434 e. The average Bonchev–Trinajstić information content (AvgIpc) is 2.43. The van der Waals surface area contributed by atoms with Gasteiger partial charge in [0.15, 0.2) is 0 Å². The number of rotatable bonds is 6. The van der Waals surface area contributed by atoms with Crippen molar-refractivity contribution in [2.75, 3.05) is 13.2 Å². The molecule has 0 aromatic carbocycles. The SMILES string of the molecule is CC(C)COC(=O)OC[C@H]1O[C@H]([C@@H](C)C=O)CC[C@@H]1C. The van der Waals surface area contributed by atoms with E-state index >= 15 is 0 Å². The minimum atomic E-state index is -0.653. The molecule has 0 bridgehead atoms. The number of carbonyl (C=O) groups excluding carboxylic acids is 2. The van der Waals surface area contributed by atoms with E-state index in [0.29, 0.717) is 12.5 Å². The fourth-order valence-corrected chi connectivity index (χ4v) is 2.14. The van der Waals surface area contributed by atoms with Crippen LogP contribution in [-0.2, 0) is 19.0 Å². The van der Waals surface area contributed by atoms with E-state index < -0.39 is 6.16 Å². The molecule has 4 atom stereocenters. The number of carbonyl (C=O) groups is 2. The first-order valence-electron chi connectivity index (χ1n) is 7.34. The Kier molecular flexibility index (Phi) is 6.99. The quantitative estimate of drug-likeness (QED) is 0.555. The summed E-state index contributed by atoms with van der Waals surface area (Å²) in [4.78, 5) is 22.2. The van der Waals surface area contributed by atoms with Crippen LogP contribution in [-0.4, -0.2) is 37.9 Å². The van der Waals surface area contributed by atoms with E-state index in [2.05, 4.69) is 6.92 Å². The number of ether oxygens (including phenoxy) is 3. The number of hydrogen-bond acceptors (Lipinski definition) is 5. The summed E-state index contributed by atoms with van der Waals surface area (Å²) in [5.74, 6) is 0.464. The third kappa shape index (κ3) is 5.49. The molecule has 1 aliphatic heterocycles. The summed E-state index contributed by atoms with van der Waals surface area (Å²) in [7, 11) is 0. The molecular formula is C15H26O5. The van der Waals surface area contributed by atoms with Gasteiger partial charge >= 0.3 is 6.16 Å². The second-order valence-corrected chi connectivity index (χ2v) is 6.03. The zero-order chi connectivity index (χ0) is 15.1. The van der Waals surface area contributed by atoms with Crippen LogP contribution in [0.15, 0.2) is 0 Å².